The van der Waals surface area contributed by atoms with Gasteiger partial charge < -0.3 is 9.16 Å². The molecule has 0 fully saturated rings. The van der Waals surface area contributed by atoms with Crippen molar-refractivity contribution in [1.82, 2.24) is 0 Å². The second kappa shape index (κ2) is 8.39. The van der Waals surface area contributed by atoms with Crippen LogP contribution in [0.25, 0.3) is 0 Å². The van der Waals surface area contributed by atoms with Crippen LogP contribution < -0.4 is 0 Å². The summed E-state index contributed by atoms with van der Waals surface area (Å²) < 4.78 is 12.5. The molecule has 0 heterocycles. The average molecular weight is 459 g/mol. The minimum absolute atomic E-state index is 0.0569. The van der Waals surface area contributed by atoms with Crippen molar-refractivity contribution in [2.45, 2.75) is 111 Å². The van der Waals surface area contributed by atoms with E-state index in [0.29, 0.717) is 18.4 Å². The van der Waals surface area contributed by atoms with Crippen LogP contribution in [0.2, 0.25) is 18.1 Å². The zero-order valence-electron chi connectivity index (χ0n) is 21.6. The van der Waals surface area contributed by atoms with E-state index in [1.54, 1.807) is 0 Å². The van der Waals surface area contributed by atoms with Crippen LogP contribution in [0.5, 0.6) is 0 Å². The first-order chi connectivity index (χ1) is 14.6. The number of ether oxygens (including phenoxy) is 1. The Morgan fingerprint density at radius 2 is 1.81 bits per heavy atom. The summed E-state index contributed by atoms with van der Waals surface area (Å²) in [5.74, 6) is -0.390. The first kappa shape index (κ1) is 25.2. The van der Waals surface area contributed by atoms with Gasteiger partial charge in [0.2, 0.25) is 0 Å². The summed E-state index contributed by atoms with van der Waals surface area (Å²) in [6.45, 7) is 23.7. The predicted molar refractivity (Wildman–Crippen MR) is 132 cm³/mol. The van der Waals surface area contributed by atoms with Crippen LogP contribution in [0.15, 0.2) is 34.4 Å². The van der Waals surface area contributed by atoms with E-state index < -0.39 is 14.4 Å². The second-order valence-corrected chi connectivity index (χ2v) is 16.8. The predicted octanol–water partition coefficient (Wildman–Crippen LogP) is 6.68. The van der Waals surface area contributed by atoms with Crippen molar-refractivity contribution < 1.29 is 18.8 Å². The zero-order chi connectivity index (χ0) is 24.2. The first-order valence-corrected chi connectivity index (χ1v) is 15.0. The molecule has 3 rings (SSSR count). The van der Waals surface area contributed by atoms with Crippen molar-refractivity contribution in [3.8, 4) is 0 Å². The third-order valence-electron chi connectivity index (χ3n) is 8.55. The van der Waals surface area contributed by atoms with Gasteiger partial charge in [-0.15, -0.1) is 0 Å². The molecule has 3 aliphatic rings. The van der Waals surface area contributed by atoms with Crippen LogP contribution in [0.1, 0.15) is 80.6 Å². The quantitative estimate of drug-likeness (QED) is 0.269. The second-order valence-electron chi connectivity index (χ2n) is 12.1. The number of carbonyl (C=O) groups is 2. The highest BCUT2D eigenvalue weighted by Gasteiger charge is 2.51. The lowest BCUT2D eigenvalue weighted by atomic mass is 9.58. The first-order valence-electron chi connectivity index (χ1n) is 12.1. The molecule has 0 saturated heterocycles. The summed E-state index contributed by atoms with van der Waals surface area (Å²) in [5, 5.41) is 0.0973. The molecule has 0 aliphatic heterocycles. The highest BCUT2D eigenvalue weighted by Crippen LogP contribution is 2.53. The number of hydrogen-bond donors (Lipinski definition) is 0. The summed E-state index contributed by atoms with van der Waals surface area (Å²) in [5.41, 5.74) is 5.03. The molecular formula is C27H42O4Si. The van der Waals surface area contributed by atoms with Crippen LogP contribution in [0.3, 0.4) is 0 Å². The van der Waals surface area contributed by atoms with Crippen LogP contribution in [0.4, 0.5) is 0 Å². The number of carbonyl (C=O) groups excluding carboxylic acids is 2. The number of Topliss-reactive ketones (excluding diaryl/α,β-unsaturated/α-hetero) is 1. The fourth-order valence-corrected chi connectivity index (χ4v) is 6.85. The Balaban J connectivity index is 2.11. The molecule has 0 N–H and O–H groups in total. The van der Waals surface area contributed by atoms with Crippen molar-refractivity contribution in [3.05, 3.63) is 34.4 Å². The van der Waals surface area contributed by atoms with E-state index in [0.717, 1.165) is 30.4 Å². The molecule has 0 aromatic heterocycles. The smallest absolute Gasteiger partial charge is 0.303 e. The summed E-state index contributed by atoms with van der Waals surface area (Å²) in [7, 11) is -2.02. The highest BCUT2D eigenvalue weighted by molar-refractivity contribution is 6.74. The lowest BCUT2D eigenvalue weighted by Crippen LogP contribution is -2.50. The molecule has 0 radical (unpaired) electrons. The molecule has 0 spiro atoms. The molecule has 3 aliphatic carbocycles. The van der Waals surface area contributed by atoms with E-state index >= 15 is 0 Å². The number of esters is 1. The fraction of sp³-hybridized carbons (Fsp3) is 0.704. The third-order valence-corrected chi connectivity index (χ3v) is 13.0. The van der Waals surface area contributed by atoms with E-state index in [9.17, 15) is 9.59 Å². The van der Waals surface area contributed by atoms with E-state index in [-0.39, 0.29) is 34.2 Å². The summed E-state index contributed by atoms with van der Waals surface area (Å²) in [6, 6.07) is 0. The summed E-state index contributed by atoms with van der Waals surface area (Å²) in [4.78, 5) is 26.0. The Kier molecular flexibility index (Phi) is 6.60. The van der Waals surface area contributed by atoms with Crippen LogP contribution in [-0.2, 0) is 18.8 Å². The minimum atomic E-state index is -2.02. The highest BCUT2D eigenvalue weighted by atomic mass is 28.4. The number of allylic oxidation sites excluding steroid dienone is 3. The number of rotatable bonds is 3. The maximum absolute atomic E-state index is 14.2. The normalized spacial score (nSPS) is 28.8. The van der Waals surface area contributed by atoms with Crippen LogP contribution >= 0.6 is 0 Å². The maximum Gasteiger partial charge on any atom is 0.303 e. The van der Waals surface area contributed by atoms with Gasteiger partial charge in [0.25, 0.3) is 0 Å². The summed E-state index contributed by atoms with van der Waals surface area (Å²) in [6.07, 6.45) is 3.38. The van der Waals surface area contributed by atoms with Crippen molar-refractivity contribution in [3.63, 3.8) is 0 Å². The van der Waals surface area contributed by atoms with Gasteiger partial charge in [-0.1, -0.05) is 46.8 Å². The molecule has 3 atom stereocenters. The van der Waals surface area contributed by atoms with E-state index in [1.165, 1.54) is 18.1 Å². The standard InChI is InChI=1S/C27H42O4Si/c1-16-14-20-17(2)23(31-32(9,10)26(4,5)6)15-21(27(20,7)8)25(29)24-19(16)12-11-13-22(24)30-18(3)28/h21-23H,1,11-15H2,2-10H3/t21-,22+,23-/m0/s1. The van der Waals surface area contributed by atoms with E-state index in [1.807, 2.05) is 0 Å². The lowest BCUT2D eigenvalue weighted by molar-refractivity contribution is -0.146. The molecule has 0 unspecified atom stereocenters. The average Bonchev–Trinajstić information content (AvgIpc) is 2.64. The Morgan fingerprint density at radius 1 is 1.19 bits per heavy atom. The van der Waals surface area contributed by atoms with Crippen LogP contribution in [0, 0.1) is 11.3 Å². The van der Waals surface area contributed by atoms with Gasteiger partial charge in [0.05, 0.1) is 6.10 Å². The maximum atomic E-state index is 14.2. The van der Waals surface area contributed by atoms with Gasteiger partial charge in [0, 0.05) is 18.4 Å². The van der Waals surface area contributed by atoms with Crippen LogP contribution in [-0.4, -0.2) is 32.3 Å². The molecule has 4 nitrogen and oxygen atoms in total. The van der Waals surface area contributed by atoms with Gasteiger partial charge in [-0.3, -0.25) is 9.59 Å². The Bertz CT molecular complexity index is 897. The van der Waals surface area contributed by atoms with Crippen molar-refractivity contribution in [2.24, 2.45) is 11.3 Å². The molecule has 0 aromatic rings. The fourth-order valence-electron chi connectivity index (χ4n) is 5.51. The SMILES string of the molecule is C=C1CC2=C(C)[C@@H](O[Si](C)(C)C(C)(C)C)C[C@@H](C(=O)C3=C1CCC[C@H]3OC(C)=O)C2(C)C. The van der Waals surface area contributed by atoms with Crippen molar-refractivity contribution in [2.75, 3.05) is 0 Å². The molecule has 0 saturated carbocycles. The molecule has 0 aromatic carbocycles. The number of ketones is 1. The van der Waals surface area contributed by atoms with Crippen molar-refractivity contribution in [1.29, 1.82) is 0 Å². The van der Waals surface area contributed by atoms with Gasteiger partial charge in [0.15, 0.2) is 14.1 Å². The van der Waals surface area contributed by atoms with E-state index in [4.69, 9.17) is 9.16 Å². The van der Waals surface area contributed by atoms with Gasteiger partial charge >= 0.3 is 5.97 Å². The zero-order valence-corrected chi connectivity index (χ0v) is 22.6. The molecule has 32 heavy (non-hydrogen) atoms. The van der Waals surface area contributed by atoms with Gasteiger partial charge in [-0.2, -0.15) is 0 Å². The Labute approximate surface area is 195 Å². The minimum Gasteiger partial charge on any atom is -0.458 e. The third kappa shape index (κ3) is 4.35. The Hall–Kier alpha value is -1.46. The van der Waals surface area contributed by atoms with Gasteiger partial charge in [-0.25, -0.2) is 0 Å². The number of fused-ring (bicyclic) bond motifs is 2. The molecule has 178 valence electrons. The van der Waals surface area contributed by atoms with Gasteiger partial charge in [-0.05, 0) is 79.3 Å². The Morgan fingerprint density at radius 3 is 2.38 bits per heavy atom. The topological polar surface area (TPSA) is 52.6 Å². The monoisotopic (exact) mass is 458 g/mol. The molecular weight excluding hydrogens is 416 g/mol. The molecule has 5 heteroatoms. The lowest BCUT2D eigenvalue weighted by Gasteiger charge is -2.49. The van der Waals surface area contributed by atoms with Crippen molar-refractivity contribution >= 4 is 20.1 Å². The summed E-state index contributed by atoms with van der Waals surface area (Å²) >= 11 is 0. The van der Waals surface area contributed by atoms with Gasteiger partial charge in [0.1, 0.15) is 6.10 Å². The molecule has 2 bridgehead atoms. The van der Waals surface area contributed by atoms with E-state index in [2.05, 4.69) is 61.2 Å². The molecule has 0 amide bonds. The number of hydrogen-bond acceptors (Lipinski definition) is 4. The largest absolute Gasteiger partial charge is 0.458 e.